The van der Waals surface area contributed by atoms with Gasteiger partial charge in [-0.3, -0.25) is 4.79 Å². The highest BCUT2D eigenvalue weighted by Gasteiger charge is 2.06. The summed E-state index contributed by atoms with van der Waals surface area (Å²) in [5, 5.41) is 15.2. The van der Waals surface area contributed by atoms with E-state index in [0.717, 1.165) is 27.9 Å². The van der Waals surface area contributed by atoms with E-state index < -0.39 is 0 Å². The second-order valence-corrected chi connectivity index (χ2v) is 5.64. The van der Waals surface area contributed by atoms with E-state index >= 15 is 0 Å². The van der Waals surface area contributed by atoms with Crippen LogP contribution < -0.4 is 10.6 Å². The molecule has 0 radical (unpaired) electrons. The Bertz CT molecular complexity index is 686. The van der Waals surface area contributed by atoms with Gasteiger partial charge in [-0.2, -0.15) is 0 Å². The van der Waals surface area contributed by atoms with Gasteiger partial charge in [-0.1, -0.05) is 36.4 Å². The first-order valence-electron chi connectivity index (χ1n) is 7.90. The molecule has 2 rings (SSSR count). The lowest BCUT2D eigenvalue weighted by molar-refractivity contribution is -0.119. The van der Waals surface area contributed by atoms with Gasteiger partial charge in [-0.25, -0.2) is 0 Å². The van der Waals surface area contributed by atoms with Crippen LogP contribution >= 0.6 is 0 Å². The van der Waals surface area contributed by atoms with Gasteiger partial charge in [-0.15, -0.1) is 0 Å². The number of aliphatic hydroxyl groups is 1. The highest BCUT2D eigenvalue weighted by molar-refractivity contribution is 5.81. The molecule has 5 nitrogen and oxygen atoms in total. The summed E-state index contributed by atoms with van der Waals surface area (Å²) in [7, 11) is 1.65. The maximum Gasteiger partial charge on any atom is 0.239 e. The summed E-state index contributed by atoms with van der Waals surface area (Å²) < 4.78 is 5.17. The molecule has 2 aromatic rings. The SMILES string of the molecule is COCc1ccccc1CNC(=O)CNc1cc(CO)ccc1C. The van der Waals surface area contributed by atoms with Crippen molar-refractivity contribution in [3.8, 4) is 0 Å². The predicted molar refractivity (Wildman–Crippen MR) is 94.6 cm³/mol. The minimum Gasteiger partial charge on any atom is -0.392 e. The van der Waals surface area contributed by atoms with Crippen LogP contribution in [0.3, 0.4) is 0 Å². The van der Waals surface area contributed by atoms with Crippen molar-refractivity contribution >= 4 is 11.6 Å². The molecule has 0 heterocycles. The molecule has 24 heavy (non-hydrogen) atoms. The average Bonchev–Trinajstić information content (AvgIpc) is 2.60. The Balaban J connectivity index is 1.88. The lowest BCUT2D eigenvalue weighted by Gasteiger charge is -2.12. The number of aryl methyl sites for hydroxylation is 1. The average molecular weight is 328 g/mol. The van der Waals surface area contributed by atoms with Crippen LogP contribution in [0.25, 0.3) is 0 Å². The fourth-order valence-electron chi connectivity index (χ4n) is 2.42. The summed E-state index contributed by atoms with van der Waals surface area (Å²) in [6, 6.07) is 13.5. The van der Waals surface area contributed by atoms with Crippen molar-refractivity contribution in [1.82, 2.24) is 5.32 Å². The molecule has 0 bridgehead atoms. The van der Waals surface area contributed by atoms with E-state index in [9.17, 15) is 9.90 Å². The van der Waals surface area contributed by atoms with Crippen molar-refractivity contribution in [1.29, 1.82) is 0 Å². The second kappa shape index (κ2) is 9.05. The number of hydrogen-bond donors (Lipinski definition) is 3. The minimum absolute atomic E-state index is 0.0164. The third-order valence-electron chi connectivity index (χ3n) is 3.82. The van der Waals surface area contributed by atoms with Crippen LogP contribution in [0.2, 0.25) is 0 Å². The zero-order valence-corrected chi connectivity index (χ0v) is 14.1. The Labute approximate surface area is 142 Å². The number of anilines is 1. The molecule has 0 aliphatic rings. The standard InChI is InChI=1S/C19H24N2O3/c1-14-7-8-15(12-22)9-18(14)20-11-19(23)21-10-16-5-3-4-6-17(16)13-24-2/h3-9,20,22H,10-13H2,1-2H3,(H,21,23). The van der Waals surface area contributed by atoms with Crippen molar-refractivity contribution in [3.63, 3.8) is 0 Å². The Morgan fingerprint density at radius 1 is 1.17 bits per heavy atom. The van der Waals surface area contributed by atoms with Crippen molar-refractivity contribution in [2.75, 3.05) is 19.0 Å². The summed E-state index contributed by atoms with van der Waals surface area (Å²) in [6.45, 7) is 3.12. The molecule has 0 aliphatic carbocycles. The van der Waals surface area contributed by atoms with Gasteiger partial charge < -0.3 is 20.5 Å². The number of carbonyl (C=O) groups is 1. The first kappa shape index (κ1) is 18.0. The molecule has 0 aromatic heterocycles. The first-order chi connectivity index (χ1) is 11.6. The number of amides is 1. The number of methoxy groups -OCH3 is 1. The van der Waals surface area contributed by atoms with E-state index in [1.807, 2.05) is 49.4 Å². The molecule has 0 fully saturated rings. The largest absolute Gasteiger partial charge is 0.392 e. The molecule has 0 saturated carbocycles. The molecule has 0 unspecified atom stereocenters. The highest BCUT2D eigenvalue weighted by atomic mass is 16.5. The normalized spacial score (nSPS) is 10.5. The molecule has 5 heteroatoms. The summed E-state index contributed by atoms with van der Waals surface area (Å²) in [5.41, 5.74) is 4.82. The molecule has 0 atom stereocenters. The fourth-order valence-corrected chi connectivity index (χ4v) is 2.42. The van der Waals surface area contributed by atoms with Gasteiger partial charge in [-0.05, 0) is 35.2 Å². The van der Waals surface area contributed by atoms with E-state index in [2.05, 4.69) is 10.6 Å². The van der Waals surface area contributed by atoms with Gasteiger partial charge in [0.05, 0.1) is 19.8 Å². The summed E-state index contributed by atoms with van der Waals surface area (Å²) in [6.07, 6.45) is 0. The van der Waals surface area contributed by atoms with Gasteiger partial charge in [0, 0.05) is 19.3 Å². The number of nitrogens with one attached hydrogen (secondary N) is 2. The van der Waals surface area contributed by atoms with Crippen LogP contribution in [0.1, 0.15) is 22.3 Å². The number of ether oxygens (including phenoxy) is 1. The van der Waals surface area contributed by atoms with E-state index in [1.54, 1.807) is 7.11 Å². The number of aliphatic hydroxyl groups excluding tert-OH is 1. The zero-order valence-electron chi connectivity index (χ0n) is 14.1. The molecule has 3 N–H and O–H groups in total. The van der Waals surface area contributed by atoms with Crippen LogP contribution in [0.15, 0.2) is 42.5 Å². The molecular weight excluding hydrogens is 304 g/mol. The van der Waals surface area contributed by atoms with E-state index in [0.29, 0.717) is 13.2 Å². The topological polar surface area (TPSA) is 70.6 Å². The third kappa shape index (κ3) is 5.08. The van der Waals surface area contributed by atoms with Crippen molar-refractivity contribution in [2.45, 2.75) is 26.7 Å². The van der Waals surface area contributed by atoms with Gasteiger partial charge >= 0.3 is 0 Å². The predicted octanol–water partition coefficient (Wildman–Crippen LogP) is 2.36. The highest BCUT2D eigenvalue weighted by Crippen LogP contribution is 2.16. The fraction of sp³-hybridized carbons (Fsp3) is 0.316. The van der Waals surface area contributed by atoms with Crippen LogP contribution in [0.5, 0.6) is 0 Å². The second-order valence-electron chi connectivity index (χ2n) is 5.64. The molecule has 1 amide bonds. The summed E-state index contributed by atoms with van der Waals surface area (Å²) in [5.74, 6) is -0.0870. The maximum absolute atomic E-state index is 12.1. The monoisotopic (exact) mass is 328 g/mol. The van der Waals surface area contributed by atoms with Crippen LogP contribution in [-0.2, 0) is 29.3 Å². The van der Waals surface area contributed by atoms with E-state index in [-0.39, 0.29) is 19.1 Å². The Morgan fingerprint density at radius 3 is 2.62 bits per heavy atom. The van der Waals surface area contributed by atoms with Gasteiger partial charge in [0.15, 0.2) is 0 Å². The Kier molecular flexibility index (Phi) is 6.78. The van der Waals surface area contributed by atoms with Crippen molar-refractivity contribution in [3.05, 3.63) is 64.7 Å². The van der Waals surface area contributed by atoms with Gasteiger partial charge in [0.1, 0.15) is 0 Å². The number of carbonyl (C=O) groups excluding carboxylic acids is 1. The number of hydrogen-bond acceptors (Lipinski definition) is 4. The smallest absolute Gasteiger partial charge is 0.239 e. The lowest BCUT2D eigenvalue weighted by Crippen LogP contribution is -2.29. The zero-order chi connectivity index (χ0) is 17.4. The molecule has 0 aliphatic heterocycles. The summed E-state index contributed by atoms with van der Waals surface area (Å²) >= 11 is 0. The quantitative estimate of drug-likeness (QED) is 0.696. The molecular formula is C19H24N2O3. The Hall–Kier alpha value is -2.37. The van der Waals surface area contributed by atoms with Gasteiger partial charge in [0.2, 0.25) is 5.91 Å². The van der Waals surface area contributed by atoms with Crippen molar-refractivity contribution in [2.24, 2.45) is 0 Å². The molecule has 0 saturated heterocycles. The number of benzene rings is 2. The minimum atomic E-state index is -0.0870. The summed E-state index contributed by atoms with van der Waals surface area (Å²) in [4.78, 5) is 12.1. The first-order valence-corrected chi connectivity index (χ1v) is 7.90. The van der Waals surface area contributed by atoms with Crippen LogP contribution in [0, 0.1) is 6.92 Å². The molecule has 128 valence electrons. The van der Waals surface area contributed by atoms with Crippen molar-refractivity contribution < 1.29 is 14.6 Å². The molecule has 2 aromatic carbocycles. The van der Waals surface area contributed by atoms with E-state index in [1.165, 1.54) is 0 Å². The van der Waals surface area contributed by atoms with Crippen LogP contribution in [-0.4, -0.2) is 24.7 Å². The Morgan fingerprint density at radius 2 is 1.92 bits per heavy atom. The van der Waals surface area contributed by atoms with Gasteiger partial charge in [0.25, 0.3) is 0 Å². The third-order valence-corrected chi connectivity index (χ3v) is 3.82. The van der Waals surface area contributed by atoms with Crippen LogP contribution in [0.4, 0.5) is 5.69 Å². The van der Waals surface area contributed by atoms with E-state index in [4.69, 9.17) is 4.74 Å². The lowest BCUT2D eigenvalue weighted by atomic mass is 10.1. The maximum atomic E-state index is 12.1. The number of rotatable bonds is 8. The molecule has 0 spiro atoms.